The number of rotatable bonds is 4. The molecule has 2 rings (SSSR count). The summed E-state index contributed by atoms with van der Waals surface area (Å²) in [6.07, 6.45) is 0.769. The van der Waals surface area contributed by atoms with Gasteiger partial charge in [0.05, 0.1) is 5.69 Å². The monoisotopic (exact) mass is 287 g/mol. The number of anilines is 2. The Bertz CT molecular complexity index is 531. The molecule has 1 heterocycles. The zero-order chi connectivity index (χ0) is 13.2. The fourth-order valence-electron chi connectivity index (χ4n) is 1.77. The molecular weight excluding hydrogens is 270 g/mol. The zero-order valence-corrected chi connectivity index (χ0v) is 11.9. The van der Waals surface area contributed by atoms with Gasteiger partial charge in [-0.15, -0.1) is 11.8 Å². The first-order chi connectivity index (χ1) is 8.54. The Morgan fingerprint density at radius 2 is 2.28 bits per heavy atom. The van der Waals surface area contributed by atoms with E-state index in [0.717, 1.165) is 17.1 Å². The van der Waals surface area contributed by atoms with Crippen molar-refractivity contribution in [1.29, 1.82) is 0 Å². The highest BCUT2D eigenvalue weighted by atomic mass is 32.2. The topological polar surface area (TPSA) is 75.4 Å². The molecular formula is C11H17N3O2S2. The summed E-state index contributed by atoms with van der Waals surface area (Å²) in [5, 5.41) is 0. The largest absolute Gasteiger partial charge is 0.399 e. The molecule has 0 radical (unpaired) electrons. The van der Waals surface area contributed by atoms with E-state index in [-0.39, 0.29) is 0 Å². The fourth-order valence-corrected chi connectivity index (χ4v) is 4.28. The van der Waals surface area contributed by atoms with Crippen LogP contribution < -0.4 is 14.8 Å². The third-order valence-electron chi connectivity index (χ3n) is 2.63. The molecule has 0 spiro atoms. The molecule has 5 nitrogen and oxygen atoms in total. The van der Waals surface area contributed by atoms with Crippen molar-refractivity contribution >= 4 is 33.3 Å². The van der Waals surface area contributed by atoms with Crippen LogP contribution in [0, 0.1) is 0 Å². The van der Waals surface area contributed by atoms with Gasteiger partial charge < -0.3 is 5.73 Å². The number of nitrogens with zero attached hydrogens (tertiary/aromatic N) is 1. The number of hydrogen-bond acceptors (Lipinski definition) is 4. The van der Waals surface area contributed by atoms with Crippen LogP contribution in [0.25, 0.3) is 0 Å². The molecule has 18 heavy (non-hydrogen) atoms. The normalized spacial score (nSPS) is 15.5. The lowest BCUT2D eigenvalue weighted by Crippen LogP contribution is -2.43. The Morgan fingerprint density at radius 1 is 1.50 bits per heavy atom. The number of nitrogens with one attached hydrogen (secondary N) is 1. The van der Waals surface area contributed by atoms with Crippen LogP contribution in [0.3, 0.4) is 0 Å². The smallest absolute Gasteiger partial charge is 0.301 e. The van der Waals surface area contributed by atoms with E-state index in [1.807, 2.05) is 13.0 Å². The number of nitrogens with two attached hydrogens (primary N) is 1. The first-order valence-electron chi connectivity index (χ1n) is 5.84. The average molecular weight is 287 g/mol. The van der Waals surface area contributed by atoms with E-state index >= 15 is 0 Å². The lowest BCUT2D eigenvalue weighted by Gasteiger charge is -2.30. The summed E-state index contributed by atoms with van der Waals surface area (Å²) in [4.78, 5) is 0.956. The van der Waals surface area contributed by atoms with Gasteiger partial charge in [0, 0.05) is 29.4 Å². The Labute approximate surface area is 112 Å². The van der Waals surface area contributed by atoms with Crippen molar-refractivity contribution in [2.45, 2.75) is 18.2 Å². The predicted octanol–water partition coefficient (Wildman–Crippen LogP) is 1.43. The van der Waals surface area contributed by atoms with Crippen molar-refractivity contribution in [2.75, 3.05) is 28.9 Å². The van der Waals surface area contributed by atoms with E-state index in [1.54, 1.807) is 23.9 Å². The van der Waals surface area contributed by atoms with Gasteiger partial charge in [0.15, 0.2) is 0 Å². The number of hydrogen-bond donors (Lipinski definition) is 2. The maximum Gasteiger partial charge on any atom is 0.301 e. The minimum absolute atomic E-state index is 0.448. The summed E-state index contributed by atoms with van der Waals surface area (Å²) in [7, 11) is -3.46. The first-order valence-corrected chi connectivity index (χ1v) is 8.27. The van der Waals surface area contributed by atoms with Crippen LogP contribution in [0.1, 0.15) is 13.3 Å². The number of fused-ring (bicyclic) bond motifs is 1. The highest BCUT2D eigenvalue weighted by molar-refractivity contribution is 7.99. The van der Waals surface area contributed by atoms with E-state index in [1.165, 1.54) is 4.31 Å². The summed E-state index contributed by atoms with van der Waals surface area (Å²) in [5.74, 6) is 0.754. The van der Waals surface area contributed by atoms with Gasteiger partial charge in [-0.1, -0.05) is 6.92 Å². The zero-order valence-electron chi connectivity index (χ0n) is 10.2. The molecule has 1 aliphatic heterocycles. The Balaban J connectivity index is 2.35. The van der Waals surface area contributed by atoms with Crippen LogP contribution in [-0.4, -0.2) is 27.3 Å². The van der Waals surface area contributed by atoms with Gasteiger partial charge in [0.1, 0.15) is 0 Å². The van der Waals surface area contributed by atoms with Gasteiger partial charge in [0.2, 0.25) is 0 Å². The number of benzene rings is 1. The van der Waals surface area contributed by atoms with Gasteiger partial charge in [0.25, 0.3) is 0 Å². The Morgan fingerprint density at radius 3 is 3.00 bits per heavy atom. The molecule has 7 heteroatoms. The van der Waals surface area contributed by atoms with Gasteiger partial charge in [-0.2, -0.15) is 13.1 Å². The molecule has 0 saturated heterocycles. The van der Waals surface area contributed by atoms with Crippen molar-refractivity contribution in [3.63, 3.8) is 0 Å². The molecule has 0 amide bonds. The van der Waals surface area contributed by atoms with Crippen molar-refractivity contribution in [2.24, 2.45) is 0 Å². The maximum atomic E-state index is 12.2. The molecule has 1 aliphatic rings. The van der Waals surface area contributed by atoms with Gasteiger partial charge >= 0.3 is 10.2 Å². The summed E-state index contributed by atoms with van der Waals surface area (Å²) >= 11 is 1.65. The third kappa shape index (κ3) is 2.73. The van der Waals surface area contributed by atoms with Crippen LogP contribution in [0.2, 0.25) is 0 Å². The minimum Gasteiger partial charge on any atom is -0.399 e. The lowest BCUT2D eigenvalue weighted by atomic mass is 10.3. The highest BCUT2D eigenvalue weighted by Gasteiger charge is 2.27. The quantitative estimate of drug-likeness (QED) is 0.821. The fraction of sp³-hybridized carbons (Fsp3) is 0.455. The van der Waals surface area contributed by atoms with Crippen molar-refractivity contribution in [1.82, 2.24) is 4.72 Å². The average Bonchev–Trinajstić information content (AvgIpc) is 2.35. The second kappa shape index (κ2) is 5.38. The molecule has 3 N–H and O–H groups in total. The Hall–Kier alpha value is -0.920. The van der Waals surface area contributed by atoms with E-state index in [9.17, 15) is 8.42 Å². The lowest BCUT2D eigenvalue weighted by molar-refractivity contribution is 0.576. The number of nitrogen functional groups attached to an aromatic ring is 1. The third-order valence-corrected chi connectivity index (χ3v) is 5.20. The van der Waals surface area contributed by atoms with Gasteiger partial charge in [-0.25, -0.2) is 0 Å². The standard InChI is InChI=1S/C11H17N3O2S2/c1-2-5-13-18(15,16)14-6-7-17-11-4-3-9(12)8-10(11)14/h3-4,8,13H,2,5-7,12H2,1H3. The van der Waals surface area contributed by atoms with Crippen LogP contribution in [0.4, 0.5) is 11.4 Å². The molecule has 0 unspecified atom stereocenters. The van der Waals surface area contributed by atoms with E-state index in [4.69, 9.17) is 5.73 Å². The van der Waals surface area contributed by atoms with Crippen LogP contribution in [0.15, 0.2) is 23.1 Å². The van der Waals surface area contributed by atoms with Crippen molar-refractivity contribution in [3.05, 3.63) is 18.2 Å². The summed E-state index contributed by atoms with van der Waals surface area (Å²) in [6.45, 7) is 2.85. The van der Waals surface area contributed by atoms with Crippen molar-refractivity contribution < 1.29 is 8.42 Å². The minimum atomic E-state index is -3.46. The molecule has 0 fully saturated rings. The van der Waals surface area contributed by atoms with E-state index in [2.05, 4.69) is 4.72 Å². The second-order valence-electron chi connectivity index (χ2n) is 4.05. The highest BCUT2D eigenvalue weighted by Crippen LogP contribution is 2.37. The van der Waals surface area contributed by atoms with Crippen LogP contribution >= 0.6 is 11.8 Å². The molecule has 0 bridgehead atoms. The molecule has 0 aromatic heterocycles. The van der Waals surface area contributed by atoms with Gasteiger partial charge in [-0.05, 0) is 24.6 Å². The second-order valence-corrected chi connectivity index (χ2v) is 6.86. The summed E-state index contributed by atoms with van der Waals surface area (Å²) in [5.41, 5.74) is 6.99. The molecule has 100 valence electrons. The maximum absolute atomic E-state index is 12.2. The van der Waals surface area contributed by atoms with Crippen LogP contribution in [-0.2, 0) is 10.2 Å². The molecule has 0 aliphatic carbocycles. The molecule has 1 aromatic rings. The summed E-state index contributed by atoms with van der Waals surface area (Å²) in [6, 6.07) is 5.38. The van der Waals surface area contributed by atoms with Gasteiger partial charge in [-0.3, -0.25) is 4.31 Å². The molecule has 0 atom stereocenters. The molecule has 0 saturated carbocycles. The summed E-state index contributed by atoms with van der Waals surface area (Å²) < 4.78 is 28.4. The van der Waals surface area contributed by atoms with Crippen LogP contribution in [0.5, 0.6) is 0 Å². The SMILES string of the molecule is CCCNS(=O)(=O)N1CCSc2ccc(N)cc21. The van der Waals surface area contributed by atoms with E-state index in [0.29, 0.717) is 24.5 Å². The Kier molecular flexibility index (Phi) is 4.04. The molecule has 1 aromatic carbocycles. The number of thioether (sulfide) groups is 1. The first kappa shape index (κ1) is 13.5. The van der Waals surface area contributed by atoms with Crippen molar-refractivity contribution in [3.8, 4) is 0 Å². The predicted molar refractivity (Wildman–Crippen MR) is 76.1 cm³/mol. The van der Waals surface area contributed by atoms with E-state index < -0.39 is 10.2 Å².